The summed E-state index contributed by atoms with van der Waals surface area (Å²) in [5.74, 6) is 0. The first kappa shape index (κ1) is 20.4. The first-order chi connectivity index (χ1) is 12.4. The normalized spacial score (nSPS) is 12.7. The van der Waals surface area contributed by atoms with E-state index in [2.05, 4.69) is 11.1 Å². The fourth-order valence-corrected chi connectivity index (χ4v) is 4.78. The molecule has 0 aliphatic rings. The standard InChI is InChI=1S/C19H23N3O2S2/c1-4-22(5-2)26(23,24)18-10-11-19(21-14-18)25-17(13-20)12-16-8-6-15(3)7-9-16/h6-11,14,17H,4-5,12H2,1-3H3/t17-/m1/s1. The predicted molar refractivity (Wildman–Crippen MR) is 104 cm³/mol. The van der Waals surface area contributed by atoms with Crippen molar-refractivity contribution in [1.29, 1.82) is 5.26 Å². The Morgan fingerprint density at radius 1 is 1.15 bits per heavy atom. The molecule has 0 N–H and O–H groups in total. The number of aromatic nitrogens is 1. The highest BCUT2D eigenvalue weighted by Gasteiger charge is 2.22. The lowest BCUT2D eigenvalue weighted by molar-refractivity contribution is 0.445. The number of hydrogen-bond donors (Lipinski definition) is 0. The molecular formula is C19H23N3O2S2. The molecule has 0 fully saturated rings. The second-order valence-corrected chi connectivity index (χ2v) is 9.01. The van der Waals surface area contributed by atoms with Gasteiger partial charge in [0.2, 0.25) is 10.0 Å². The van der Waals surface area contributed by atoms with Crippen molar-refractivity contribution < 1.29 is 8.42 Å². The Morgan fingerprint density at radius 2 is 1.81 bits per heavy atom. The van der Waals surface area contributed by atoms with E-state index in [1.165, 1.54) is 27.8 Å². The number of aryl methyl sites for hydroxylation is 1. The summed E-state index contributed by atoms with van der Waals surface area (Å²) in [6.07, 6.45) is 1.99. The van der Waals surface area contributed by atoms with Crippen LogP contribution in [0.15, 0.2) is 52.5 Å². The van der Waals surface area contributed by atoms with E-state index in [-0.39, 0.29) is 10.1 Å². The van der Waals surface area contributed by atoms with Gasteiger partial charge in [-0.2, -0.15) is 9.57 Å². The SMILES string of the molecule is CCN(CC)S(=O)(=O)c1ccc(S[C@@H](C#N)Cc2ccc(C)cc2)nc1. The van der Waals surface area contributed by atoms with Gasteiger partial charge >= 0.3 is 0 Å². The predicted octanol–water partition coefficient (Wildman–Crippen LogP) is 3.65. The van der Waals surface area contributed by atoms with Gasteiger partial charge in [-0.15, -0.1) is 0 Å². The second-order valence-electron chi connectivity index (χ2n) is 5.85. The molecule has 2 rings (SSSR count). The van der Waals surface area contributed by atoms with Crippen molar-refractivity contribution in [1.82, 2.24) is 9.29 Å². The Bertz CT molecular complexity index is 853. The summed E-state index contributed by atoms with van der Waals surface area (Å²) < 4.78 is 26.4. The van der Waals surface area contributed by atoms with Gasteiger partial charge in [0.25, 0.3) is 0 Å². The van der Waals surface area contributed by atoms with Crippen LogP contribution in [0.25, 0.3) is 0 Å². The zero-order chi connectivity index (χ0) is 19.2. The van der Waals surface area contributed by atoms with Gasteiger partial charge in [0, 0.05) is 19.3 Å². The maximum atomic E-state index is 12.5. The van der Waals surface area contributed by atoms with E-state index in [9.17, 15) is 13.7 Å². The first-order valence-electron chi connectivity index (χ1n) is 8.48. The molecule has 0 aliphatic carbocycles. The molecule has 138 valence electrons. The van der Waals surface area contributed by atoms with Crippen LogP contribution in [0, 0.1) is 18.3 Å². The van der Waals surface area contributed by atoms with Crippen LogP contribution in [0.3, 0.4) is 0 Å². The summed E-state index contributed by atoms with van der Waals surface area (Å²) in [4.78, 5) is 4.42. The van der Waals surface area contributed by atoms with Crippen molar-refractivity contribution in [2.45, 2.75) is 42.4 Å². The molecule has 0 bridgehead atoms. The molecule has 0 spiro atoms. The van der Waals surface area contributed by atoms with Crippen LogP contribution in [-0.2, 0) is 16.4 Å². The van der Waals surface area contributed by atoms with Gasteiger partial charge in [0.1, 0.15) is 10.1 Å². The van der Waals surface area contributed by atoms with Gasteiger partial charge in [-0.1, -0.05) is 55.4 Å². The number of nitrogens with zero attached hydrogens (tertiary/aromatic N) is 3. The summed E-state index contributed by atoms with van der Waals surface area (Å²) in [6.45, 7) is 6.48. The van der Waals surface area contributed by atoms with Crippen LogP contribution in [0.1, 0.15) is 25.0 Å². The Morgan fingerprint density at radius 3 is 2.31 bits per heavy atom. The topological polar surface area (TPSA) is 74.1 Å². The Hall–Kier alpha value is -1.88. The third-order valence-electron chi connectivity index (χ3n) is 4.00. The average Bonchev–Trinajstić information content (AvgIpc) is 2.64. The van der Waals surface area contributed by atoms with Gasteiger partial charge in [-0.25, -0.2) is 13.4 Å². The minimum atomic E-state index is -3.51. The third kappa shape index (κ3) is 5.07. The van der Waals surface area contributed by atoms with Crippen LogP contribution in [0.4, 0.5) is 0 Å². The number of sulfonamides is 1. The Kier molecular flexibility index (Phi) is 7.21. The number of hydrogen-bond acceptors (Lipinski definition) is 5. The zero-order valence-corrected chi connectivity index (χ0v) is 16.8. The molecule has 0 saturated heterocycles. The number of thioether (sulfide) groups is 1. The molecule has 0 saturated carbocycles. The highest BCUT2D eigenvalue weighted by atomic mass is 32.2. The lowest BCUT2D eigenvalue weighted by atomic mass is 10.1. The highest BCUT2D eigenvalue weighted by Crippen LogP contribution is 2.25. The van der Waals surface area contributed by atoms with E-state index in [4.69, 9.17) is 0 Å². The molecule has 0 radical (unpaired) electrons. The van der Waals surface area contributed by atoms with E-state index in [0.29, 0.717) is 24.5 Å². The Balaban J connectivity index is 2.10. The molecular weight excluding hydrogens is 366 g/mol. The van der Waals surface area contributed by atoms with Gasteiger partial charge in [-0.05, 0) is 31.0 Å². The monoisotopic (exact) mass is 389 g/mol. The van der Waals surface area contributed by atoms with Crippen LogP contribution >= 0.6 is 11.8 Å². The minimum absolute atomic E-state index is 0.178. The van der Waals surface area contributed by atoms with Crippen LogP contribution in [-0.4, -0.2) is 36.0 Å². The summed E-state index contributed by atoms with van der Waals surface area (Å²) in [6, 6.07) is 13.6. The van der Waals surface area contributed by atoms with Crippen molar-refractivity contribution in [2.24, 2.45) is 0 Å². The highest BCUT2D eigenvalue weighted by molar-refractivity contribution is 8.00. The Labute approximate surface area is 160 Å². The van der Waals surface area contributed by atoms with Gasteiger partial charge in [0.15, 0.2) is 0 Å². The number of pyridine rings is 1. The summed E-state index contributed by atoms with van der Waals surface area (Å²) in [5, 5.41) is 9.78. The number of rotatable bonds is 8. The largest absolute Gasteiger partial charge is 0.248 e. The maximum absolute atomic E-state index is 12.5. The van der Waals surface area contributed by atoms with Crippen LogP contribution < -0.4 is 0 Å². The van der Waals surface area contributed by atoms with Crippen molar-refractivity contribution >= 4 is 21.8 Å². The molecule has 2 aromatic rings. The maximum Gasteiger partial charge on any atom is 0.244 e. The molecule has 26 heavy (non-hydrogen) atoms. The number of benzene rings is 1. The first-order valence-corrected chi connectivity index (χ1v) is 10.8. The third-order valence-corrected chi connectivity index (χ3v) is 7.07. The smallest absolute Gasteiger partial charge is 0.244 e. The summed E-state index contributed by atoms with van der Waals surface area (Å²) in [5.41, 5.74) is 2.27. The molecule has 1 atom stereocenters. The van der Waals surface area contributed by atoms with E-state index in [1.54, 1.807) is 26.0 Å². The summed E-state index contributed by atoms with van der Waals surface area (Å²) >= 11 is 1.35. The number of nitriles is 1. The van der Waals surface area contributed by atoms with Crippen LogP contribution in [0.2, 0.25) is 0 Å². The molecule has 1 heterocycles. The van der Waals surface area contributed by atoms with Gasteiger partial charge in [0.05, 0.1) is 11.1 Å². The fourth-order valence-electron chi connectivity index (χ4n) is 2.50. The molecule has 7 heteroatoms. The lowest BCUT2D eigenvalue weighted by Gasteiger charge is -2.18. The van der Waals surface area contributed by atoms with E-state index < -0.39 is 10.0 Å². The average molecular weight is 390 g/mol. The van der Waals surface area contributed by atoms with Crippen molar-refractivity contribution in [2.75, 3.05) is 13.1 Å². The van der Waals surface area contributed by atoms with Crippen molar-refractivity contribution in [3.8, 4) is 6.07 Å². The van der Waals surface area contributed by atoms with E-state index in [1.807, 2.05) is 31.2 Å². The molecule has 1 aromatic heterocycles. The lowest BCUT2D eigenvalue weighted by Crippen LogP contribution is -2.30. The second kappa shape index (κ2) is 9.17. The van der Waals surface area contributed by atoms with Gasteiger partial charge in [-0.3, -0.25) is 0 Å². The molecule has 0 aliphatic heterocycles. The van der Waals surface area contributed by atoms with Crippen molar-refractivity contribution in [3.63, 3.8) is 0 Å². The van der Waals surface area contributed by atoms with Crippen LogP contribution in [0.5, 0.6) is 0 Å². The van der Waals surface area contributed by atoms with E-state index >= 15 is 0 Å². The van der Waals surface area contributed by atoms with Gasteiger partial charge < -0.3 is 0 Å². The van der Waals surface area contributed by atoms with E-state index in [0.717, 1.165) is 5.56 Å². The van der Waals surface area contributed by atoms with Crippen molar-refractivity contribution in [3.05, 3.63) is 53.7 Å². The summed E-state index contributed by atoms with van der Waals surface area (Å²) in [7, 11) is -3.51. The fraction of sp³-hybridized carbons (Fsp3) is 0.368. The molecule has 1 aromatic carbocycles. The quantitative estimate of drug-likeness (QED) is 0.644. The molecule has 0 amide bonds. The zero-order valence-electron chi connectivity index (χ0n) is 15.2. The molecule has 0 unspecified atom stereocenters. The molecule has 5 nitrogen and oxygen atoms in total. The minimum Gasteiger partial charge on any atom is -0.248 e.